The van der Waals surface area contributed by atoms with Gasteiger partial charge in [0.2, 0.25) is 5.91 Å². The van der Waals surface area contributed by atoms with Crippen LogP contribution >= 0.6 is 0 Å². The molecule has 0 heterocycles. The normalized spacial score (nSPS) is 17.3. The Bertz CT molecular complexity index is 333. The molecule has 1 atom stereocenters. The number of carbonyl (C=O) groups excluding carboxylic acids is 1. The molecule has 0 bridgehead atoms. The van der Waals surface area contributed by atoms with Crippen molar-refractivity contribution in [2.45, 2.75) is 40.5 Å². The highest BCUT2D eigenvalue weighted by Gasteiger charge is 2.24. The highest BCUT2D eigenvalue weighted by molar-refractivity contribution is 5.99. The second kappa shape index (κ2) is 7.76. The highest BCUT2D eigenvalue weighted by atomic mass is 16.1. The number of nitrogens with two attached hydrogens (primary N) is 1. The minimum absolute atomic E-state index is 0. The Hall–Kier alpha value is -1.45. The lowest BCUT2D eigenvalue weighted by molar-refractivity contribution is -0.113. The van der Waals surface area contributed by atoms with Crippen LogP contribution in [-0.2, 0) is 4.79 Å². The summed E-state index contributed by atoms with van der Waals surface area (Å²) in [6, 6.07) is 0. The lowest BCUT2D eigenvalue weighted by Gasteiger charge is -2.04. The summed E-state index contributed by atoms with van der Waals surface area (Å²) in [6.07, 6.45) is 5.26. The van der Waals surface area contributed by atoms with Crippen molar-refractivity contribution in [1.29, 1.82) is 5.41 Å². The molecule has 0 aliphatic heterocycles. The van der Waals surface area contributed by atoms with Gasteiger partial charge in [0, 0.05) is 13.1 Å². The first-order chi connectivity index (χ1) is 8.00. The number of rotatable bonds is 4. The number of nitrogens with zero attached hydrogens (tertiary/aromatic N) is 1. The summed E-state index contributed by atoms with van der Waals surface area (Å²) in [5.74, 6) is 0.221. The maximum absolute atomic E-state index is 10.5. The van der Waals surface area contributed by atoms with E-state index in [0.717, 1.165) is 5.71 Å². The van der Waals surface area contributed by atoms with Crippen molar-refractivity contribution >= 4 is 17.5 Å². The molecule has 1 rings (SSSR count). The summed E-state index contributed by atoms with van der Waals surface area (Å²) in [4.78, 5) is 14.7. The molecule has 0 spiro atoms. The van der Waals surface area contributed by atoms with Crippen molar-refractivity contribution in [3.8, 4) is 0 Å². The van der Waals surface area contributed by atoms with Gasteiger partial charge in [0.25, 0.3) is 0 Å². The number of amidine groups is 1. The van der Waals surface area contributed by atoms with E-state index < -0.39 is 5.91 Å². The summed E-state index contributed by atoms with van der Waals surface area (Å²) >= 11 is 0. The van der Waals surface area contributed by atoms with Crippen molar-refractivity contribution in [3.05, 3.63) is 12.2 Å². The fourth-order valence-corrected chi connectivity index (χ4v) is 1.21. The largest absolute Gasteiger partial charge is 0.366 e. The van der Waals surface area contributed by atoms with Gasteiger partial charge in [0.05, 0.1) is 0 Å². The SMILES string of the molecule is CC.CC(=NC(=N)[C@@H](C)/C=C\C(N)=O)C1CC1.[HH]. The first kappa shape index (κ1) is 15.6. The summed E-state index contributed by atoms with van der Waals surface area (Å²) < 4.78 is 0. The second-order valence-corrected chi connectivity index (χ2v) is 3.96. The van der Waals surface area contributed by atoms with Gasteiger partial charge in [0.15, 0.2) is 0 Å². The Labute approximate surface area is 105 Å². The fourth-order valence-electron chi connectivity index (χ4n) is 1.21. The molecule has 4 nitrogen and oxygen atoms in total. The van der Waals surface area contributed by atoms with E-state index in [9.17, 15) is 4.79 Å². The Morgan fingerprint density at radius 3 is 2.47 bits per heavy atom. The predicted octanol–water partition coefficient (Wildman–Crippen LogP) is 2.78. The molecule has 1 fully saturated rings. The van der Waals surface area contributed by atoms with Crippen LogP contribution in [-0.4, -0.2) is 17.5 Å². The van der Waals surface area contributed by atoms with Crippen LogP contribution in [0.5, 0.6) is 0 Å². The van der Waals surface area contributed by atoms with Gasteiger partial charge in [0.1, 0.15) is 5.84 Å². The fraction of sp³-hybridized carbons (Fsp3) is 0.615. The number of amides is 1. The molecule has 0 aromatic rings. The molecular weight excluding hydrogens is 214 g/mol. The monoisotopic (exact) mass is 239 g/mol. The number of nitrogens with one attached hydrogen (secondary N) is 1. The standard InChI is InChI=1S/C11H17N3O.C2H6.H2/c1-7(3-6-10(12)15)11(13)14-8(2)9-4-5-9;1-2;/h3,6-7,9,13H,4-5H2,1-2H3,(H2,12,15);1-2H3;1H/b6-3-,13-11?,14-8?;;/t7-;;/m0../s1. The van der Waals surface area contributed by atoms with Gasteiger partial charge in [-0.15, -0.1) is 0 Å². The average molecular weight is 239 g/mol. The molecule has 1 aliphatic rings. The quantitative estimate of drug-likeness (QED) is 0.441. The number of aliphatic imine (C=N–C) groups is 1. The number of primary amides is 1. The molecule has 1 saturated carbocycles. The van der Waals surface area contributed by atoms with Gasteiger partial charge in [-0.05, 0) is 31.8 Å². The molecule has 1 amide bonds. The third-order valence-electron chi connectivity index (χ3n) is 2.45. The van der Waals surface area contributed by atoms with Crippen LogP contribution in [0.2, 0.25) is 0 Å². The van der Waals surface area contributed by atoms with Crippen LogP contribution in [0.15, 0.2) is 17.1 Å². The van der Waals surface area contributed by atoms with Crippen molar-refractivity contribution in [2.24, 2.45) is 22.6 Å². The molecule has 98 valence electrons. The van der Waals surface area contributed by atoms with E-state index in [2.05, 4.69) is 4.99 Å². The maximum Gasteiger partial charge on any atom is 0.241 e. The van der Waals surface area contributed by atoms with Gasteiger partial charge in [-0.3, -0.25) is 10.2 Å². The molecule has 1 aliphatic carbocycles. The lowest BCUT2D eigenvalue weighted by atomic mass is 10.1. The van der Waals surface area contributed by atoms with E-state index in [-0.39, 0.29) is 13.2 Å². The summed E-state index contributed by atoms with van der Waals surface area (Å²) in [7, 11) is 0. The average Bonchev–Trinajstić information content (AvgIpc) is 3.12. The number of hydrogen-bond acceptors (Lipinski definition) is 2. The van der Waals surface area contributed by atoms with Crippen LogP contribution < -0.4 is 5.73 Å². The third kappa shape index (κ3) is 6.66. The first-order valence-corrected chi connectivity index (χ1v) is 6.12. The smallest absolute Gasteiger partial charge is 0.241 e. The molecule has 0 radical (unpaired) electrons. The maximum atomic E-state index is 10.5. The van der Waals surface area contributed by atoms with E-state index in [0.29, 0.717) is 5.92 Å². The minimum Gasteiger partial charge on any atom is -0.366 e. The van der Waals surface area contributed by atoms with Crippen LogP contribution in [0.3, 0.4) is 0 Å². The van der Waals surface area contributed by atoms with Gasteiger partial charge < -0.3 is 5.73 Å². The van der Waals surface area contributed by atoms with Gasteiger partial charge in [-0.1, -0.05) is 26.8 Å². The Morgan fingerprint density at radius 2 is 2.06 bits per heavy atom. The zero-order chi connectivity index (χ0) is 13.4. The van der Waals surface area contributed by atoms with Crippen LogP contribution in [0.25, 0.3) is 0 Å². The Kier molecular flexibility index (Phi) is 7.10. The molecule has 0 aromatic carbocycles. The van der Waals surface area contributed by atoms with Crippen LogP contribution in [0, 0.1) is 17.2 Å². The van der Waals surface area contributed by atoms with Crippen molar-refractivity contribution < 1.29 is 6.22 Å². The van der Waals surface area contributed by atoms with E-state index in [1.165, 1.54) is 18.9 Å². The summed E-state index contributed by atoms with van der Waals surface area (Å²) in [6.45, 7) is 7.78. The van der Waals surface area contributed by atoms with Gasteiger partial charge >= 0.3 is 0 Å². The van der Waals surface area contributed by atoms with E-state index in [1.807, 2.05) is 27.7 Å². The Balaban J connectivity index is 0. The van der Waals surface area contributed by atoms with Crippen LogP contribution in [0.1, 0.15) is 42.0 Å². The number of hydrogen-bond donors (Lipinski definition) is 2. The van der Waals surface area contributed by atoms with E-state index >= 15 is 0 Å². The van der Waals surface area contributed by atoms with Crippen molar-refractivity contribution in [1.82, 2.24) is 0 Å². The molecule has 0 saturated heterocycles. The first-order valence-electron chi connectivity index (χ1n) is 6.12. The molecule has 0 unspecified atom stereocenters. The zero-order valence-corrected chi connectivity index (χ0v) is 11.2. The molecular formula is C13H25N3O. The molecule has 17 heavy (non-hydrogen) atoms. The minimum atomic E-state index is -0.488. The topological polar surface area (TPSA) is 79.3 Å². The lowest BCUT2D eigenvalue weighted by Crippen LogP contribution is -2.11. The predicted molar refractivity (Wildman–Crippen MR) is 74.5 cm³/mol. The summed E-state index contributed by atoms with van der Waals surface area (Å²) in [5, 5.41) is 7.70. The molecule has 3 N–H and O–H groups in total. The van der Waals surface area contributed by atoms with Gasteiger partial charge in [-0.25, -0.2) is 4.99 Å². The highest BCUT2D eigenvalue weighted by Crippen LogP contribution is 2.30. The van der Waals surface area contributed by atoms with Gasteiger partial charge in [-0.2, -0.15) is 0 Å². The molecule has 0 aromatic heterocycles. The third-order valence-corrected chi connectivity index (χ3v) is 2.45. The van der Waals surface area contributed by atoms with Crippen molar-refractivity contribution in [3.63, 3.8) is 0 Å². The van der Waals surface area contributed by atoms with Crippen molar-refractivity contribution in [2.75, 3.05) is 0 Å². The summed E-state index contributed by atoms with van der Waals surface area (Å²) in [5.41, 5.74) is 6.00. The van der Waals surface area contributed by atoms with E-state index in [4.69, 9.17) is 11.1 Å². The Morgan fingerprint density at radius 1 is 1.53 bits per heavy atom. The molecule has 4 heteroatoms. The second-order valence-electron chi connectivity index (χ2n) is 3.96. The van der Waals surface area contributed by atoms with E-state index in [1.54, 1.807) is 6.08 Å². The zero-order valence-electron chi connectivity index (χ0n) is 11.2. The number of carbonyl (C=O) groups is 1. The van der Waals surface area contributed by atoms with Crippen LogP contribution in [0.4, 0.5) is 0 Å².